The van der Waals surface area contributed by atoms with Crippen molar-refractivity contribution in [1.29, 1.82) is 0 Å². The molecule has 0 fully saturated rings. The summed E-state index contributed by atoms with van der Waals surface area (Å²) in [6.07, 6.45) is 0. The standard InChI is InChI=1S/C63H50N2/c1-41(2)43-27-32-49(33-28-43)64(47-17-7-5-8-18-47)51-36-31-45-38-56-59(39-46(45)37-51)63(57-25-15-13-21-52(57)53-22-14-16-26-58(53)63)60-40-61(54-23-11-12-24-55(54)62(56)60)65(48-19-9-6-10-20-48)50-34-29-44(30-35-50)42(3)4/h5-42H,1-4H3. The van der Waals surface area contributed by atoms with Crippen LogP contribution in [-0.2, 0) is 5.41 Å². The molecule has 65 heavy (non-hydrogen) atoms. The number of hydrogen-bond acceptors (Lipinski definition) is 2. The van der Waals surface area contributed by atoms with Gasteiger partial charge in [0.1, 0.15) is 0 Å². The summed E-state index contributed by atoms with van der Waals surface area (Å²) in [4.78, 5) is 4.87. The summed E-state index contributed by atoms with van der Waals surface area (Å²) in [5, 5.41) is 4.93. The highest BCUT2D eigenvalue weighted by Gasteiger charge is 2.52. The van der Waals surface area contributed by atoms with Gasteiger partial charge in [0.15, 0.2) is 0 Å². The molecule has 10 aromatic rings. The third kappa shape index (κ3) is 6.01. The predicted octanol–water partition coefficient (Wildman–Crippen LogP) is 17.5. The molecule has 0 saturated carbocycles. The summed E-state index contributed by atoms with van der Waals surface area (Å²) < 4.78 is 0. The van der Waals surface area contributed by atoms with Crippen LogP contribution in [0.25, 0.3) is 43.8 Å². The van der Waals surface area contributed by atoms with E-state index in [2.05, 4.69) is 256 Å². The molecule has 0 unspecified atom stereocenters. The van der Waals surface area contributed by atoms with Crippen molar-refractivity contribution in [1.82, 2.24) is 0 Å². The Morgan fingerprint density at radius 2 is 0.800 bits per heavy atom. The Morgan fingerprint density at radius 1 is 0.323 bits per heavy atom. The fourth-order valence-corrected chi connectivity index (χ4v) is 11.1. The lowest BCUT2D eigenvalue weighted by Crippen LogP contribution is -2.26. The maximum Gasteiger partial charge on any atom is 0.0726 e. The first-order valence-electron chi connectivity index (χ1n) is 23.1. The average molecular weight is 835 g/mol. The molecule has 12 rings (SSSR count). The number of para-hydroxylation sites is 2. The predicted molar refractivity (Wildman–Crippen MR) is 275 cm³/mol. The minimum Gasteiger partial charge on any atom is -0.310 e. The SMILES string of the molecule is CC(C)c1ccc(N(c2ccccc2)c2ccc3cc4c(cc3c2)C2(c3ccccc3-c3ccccc32)c2cc(N(c3ccccc3)c3ccc(C(C)C)cc3)c3ccccc3c2-4)cc1. The molecule has 2 aliphatic carbocycles. The van der Waals surface area contributed by atoms with Crippen LogP contribution in [0.2, 0.25) is 0 Å². The largest absolute Gasteiger partial charge is 0.310 e. The first-order valence-corrected chi connectivity index (χ1v) is 23.1. The summed E-state index contributed by atoms with van der Waals surface area (Å²) in [6.45, 7) is 9.04. The Morgan fingerprint density at radius 3 is 1.38 bits per heavy atom. The summed E-state index contributed by atoms with van der Waals surface area (Å²) in [5.41, 5.74) is 19.5. The fourth-order valence-electron chi connectivity index (χ4n) is 11.1. The second kappa shape index (κ2) is 15.2. The van der Waals surface area contributed by atoms with Crippen LogP contribution >= 0.6 is 0 Å². The molecule has 1 spiro atoms. The summed E-state index contributed by atoms with van der Waals surface area (Å²) in [5.74, 6) is 0.908. The van der Waals surface area contributed by atoms with Gasteiger partial charge in [-0.2, -0.15) is 0 Å². The lowest BCUT2D eigenvalue weighted by atomic mass is 9.70. The van der Waals surface area contributed by atoms with E-state index in [0.717, 1.165) is 28.4 Å². The molecule has 0 atom stereocenters. The van der Waals surface area contributed by atoms with Gasteiger partial charge < -0.3 is 9.80 Å². The summed E-state index contributed by atoms with van der Waals surface area (Å²) in [6, 6.07) is 82.0. The molecule has 0 radical (unpaired) electrons. The van der Waals surface area contributed by atoms with Crippen molar-refractivity contribution in [3.8, 4) is 22.3 Å². The first kappa shape index (κ1) is 39.0. The van der Waals surface area contributed by atoms with E-state index >= 15 is 0 Å². The summed E-state index contributed by atoms with van der Waals surface area (Å²) in [7, 11) is 0. The molecular formula is C63H50N2. The van der Waals surface area contributed by atoms with E-state index in [1.165, 1.54) is 82.9 Å². The molecule has 0 N–H and O–H groups in total. The van der Waals surface area contributed by atoms with Crippen molar-refractivity contribution in [2.75, 3.05) is 9.80 Å². The lowest BCUT2D eigenvalue weighted by molar-refractivity contribution is 0.795. The molecule has 2 nitrogen and oxygen atoms in total. The smallest absolute Gasteiger partial charge is 0.0726 e. The van der Waals surface area contributed by atoms with Gasteiger partial charge in [-0.15, -0.1) is 0 Å². The molecule has 2 aliphatic rings. The highest BCUT2D eigenvalue weighted by atomic mass is 15.1. The minimum atomic E-state index is -0.559. The zero-order valence-electron chi connectivity index (χ0n) is 37.3. The van der Waals surface area contributed by atoms with Crippen LogP contribution in [0.15, 0.2) is 218 Å². The van der Waals surface area contributed by atoms with Crippen LogP contribution in [0.3, 0.4) is 0 Å². The van der Waals surface area contributed by atoms with E-state index in [1.54, 1.807) is 0 Å². The van der Waals surface area contributed by atoms with E-state index in [0.29, 0.717) is 11.8 Å². The zero-order chi connectivity index (χ0) is 43.8. The van der Waals surface area contributed by atoms with Crippen LogP contribution < -0.4 is 9.80 Å². The van der Waals surface area contributed by atoms with Crippen molar-refractivity contribution in [2.24, 2.45) is 0 Å². The van der Waals surface area contributed by atoms with Crippen LogP contribution in [0.4, 0.5) is 34.1 Å². The Kier molecular flexibility index (Phi) is 9.14. The Balaban J connectivity index is 1.15. The number of benzene rings is 10. The van der Waals surface area contributed by atoms with Crippen LogP contribution in [0, 0.1) is 0 Å². The van der Waals surface area contributed by atoms with Crippen molar-refractivity contribution in [2.45, 2.75) is 44.9 Å². The number of anilines is 6. The number of rotatable bonds is 8. The second-order valence-corrected chi connectivity index (χ2v) is 18.5. The molecule has 0 heterocycles. The van der Waals surface area contributed by atoms with Gasteiger partial charge in [0, 0.05) is 33.8 Å². The number of nitrogens with zero attached hydrogens (tertiary/aromatic N) is 2. The average Bonchev–Trinajstić information content (AvgIpc) is 3.81. The van der Waals surface area contributed by atoms with Gasteiger partial charge in [-0.3, -0.25) is 0 Å². The van der Waals surface area contributed by atoms with Crippen molar-refractivity contribution in [3.63, 3.8) is 0 Å². The maximum atomic E-state index is 2.55. The number of hydrogen-bond donors (Lipinski definition) is 0. The highest BCUT2D eigenvalue weighted by molar-refractivity contribution is 6.13. The van der Waals surface area contributed by atoms with E-state index < -0.39 is 5.41 Å². The maximum absolute atomic E-state index is 2.55. The first-order chi connectivity index (χ1) is 31.9. The molecule has 10 aromatic carbocycles. The van der Waals surface area contributed by atoms with Crippen molar-refractivity contribution >= 4 is 55.7 Å². The van der Waals surface area contributed by atoms with Crippen molar-refractivity contribution < 1.29 is 0 Å². The van der Waals surface area contributed by atoms with Gasteiger partial charge in [0.25, 0.3) is 0 Å². The van der Waals surface area contributed by atoms with Gasteiger partial charge in [-0.05, 0) is 162 Å². The van der Waals surface area contributed by atoms with E-state index in [1.807, 2.05) is 0 Å². The third-order valence-electron chi connectivity index (χ3n) is 14.2. The van der Waals surface area contributed by atoms with Gasteiger partial charge in [-0.1, -0.05) is 167 Å². The fraction of sp³-hybridized carbons (Fsp3) is 0.111. The zero-order valence-corrected chi connectivity index (χ0v) is 37.3. The molecule has 312 valence electrons. The normalized spacial score (nSPS) is 13.0. The van der Waals surface area contributed by atoms with Gasteiger partial charge >= 0.3 is 0 Å². The number of fused-ring (bicyclic) bond motifs is 13. The van der Waals surface area contributed by atoms with Crippen molar-refractivity contribution in [3.05, 3.63) is 252 Å². The monoisotopic (exact) mass is 834 g/mol. The Bertz CT molecular complexity index is 3370. The Hall–Kier alpha value is -7.68. The van der Waals surface area contributed by atoms with Crippen LogP contribution in [0.1, 0.15) is 72.9 Å². The molecule has 0 amide bonds. The molecule has 0 aromatic heterocycles. The molecule has 0 saturated heterocycles. The quantitative estimate of drug-likeness (QED) is 0.150. The molecule has 0 aliphatic heterocycles. The van der Waals surface area contributed by atoms with E-state index in [4.69, 9.17) is 0 Å². The molecular weight excluding hydrogens is 785 g/mol. The molecule has 0 bridgehead atoms. The van der Waals surface area contributed by atoms with Crippen LogP contribution in [0.5, 0.6) is 0 Å². The highest BCUT2D eigenvalue weighted by Crippen LogP contribution is 2.65. The topological polar surface area (TPSA) is 6.48 Å². The van der Waals surface area contributed by atoms with Gasteiger partial charge in [0.2, 0.25) is 0 Å². The van der Waals surface area contributed by atoms with Gasteiger partial charge in [-0.25, -0.2) is 0 Å². The summed E-state index contributed by atoms with van der Waals surface area (Å²) >= 11 is 0. The third-order valence-corrected chi connectivity index (χ3v) is 14.2. The lowest BCUT2D eigenvalue weighted by Gasteiger charge is -2.33. The van der Waals surface area contributed by atoms with Crippen LogP contribution in [-0.4, -0.2) is 0 Å². The van der Waals surface area contributed by atoms with E-state index in [9.17, 15) is 0 Å². The van der Waals surface area contributed by atoms with E-state index in [-0.39, 0.29) is 0 Å². The second-order valence-electron chi connectivity index (χ2n) is 18.5. The Labute approximate surface area is 382 Å². The van der Waals surface area contributed by atoms with Gasteiger partial charge in [0.05, 0.1) is 11.1 Å². The molecule has 2 heteroatoms. The minimum absolute atomic E-state index is 0.445.